The molecule has 0 fully saturated rings. The number of rotatable bonds is 6. The zero-order chi connectivity index (χ0) is 15.2. The Morgan fingerprint density at radius 3 is 2.90 bits per heavy atom. The molecule has 0 saturated carbocycles. The SMILES string of the molecule is CCCCC(=O)N[C@@H](C)c1nc(-c2ccccc2Cl)no1. The maximum atomic E-state index is 11.7. The average molecular weight is 308 g/mol. The predicted molar refractivity (Wildman–Crippen MR) is 80.8 cm³/mol. The summed E-state index contributed by atoms with van der Waals surface area (Å²) in [4.78, 5) is 16.0. The minimum absolute atomic E-state index is 0.0122. The molecule has 6 heteroatoms. The first-order chi connectivity index (χ1) is 10.1. The summed E-state index contributed by atoms with van der Waals surface area (Å²) in [6.07, 6.45) is 2.36. The van der Waals surface area contributed by atoms with Crippen LogP contribution < -0.4 is 5.32 Å². The Balaban J connectivity index is 2.06. The number of aromatic nitrogens is 2. The summed E-state index contributed by atoms with van der Waals surface area (Å²) >= 11 is 6.10. The van der Waals surface area contributed by atoms with Crippen molar-refractivity contribution < 1.29 is 9.32 Å². The largest absolute Gasteiger partial charge is 0.345 e. The lowest BCUT2D eigenvalue weighted by Crippen LogP contribution is -2.26. The fourth-order valence-corrected chi connectivity index (χ4v) is 2.10. The summed E-state index contributed by atoms with van der Waals surface area (Å²) in [5.74, 6) is 0.780. The molecule has 0 aliphatic carbocycles. The van der Waals surface area contributed by atoms with E-state index in [9.17, 15) is 4.79 Å². The molecular formula is C15H18ClN3O2. The summed E-state index contributed by atoms with van der Waals surface area (Å²) < 4.78 is 5.21. The molecule has 1 aromatic heterocycles. The van der Waals surface area contributed by atoms with Crippen molar-refractivity contribution in [2.45, 2.75) is 39.2 Å². The van der Waals surface area contributed by atoms with Crippen LogP contribution in [0.4, 0.5) is 0 Å². The third-order valence-electron chi connectivity index (χ3n) is 3.06. The molecule has 0 radical (unpaired) electrons. The first-order valence-electron chi connectivity index (χ1n) is 6.99. The predicted octanol–water partition coefficient (Wildman–Crippen LogP) is 3.76. The highest BCUT2D eigenvalue weighted by molar-refractivity contribution is 6.33. The standard InChI is InChI=1S/C15H18ClN3O2/c1-3-4-9-13(20)17-10(2)15-18-14(19-21-15)11-7-5-6-8-12(11)16/h5-8,10H,3-4,9H2,1-2H3,(H,17,20)/t10-/m0/s1. The maximum Gasteiger partial charge on any atom is 0.249 e. The molecule has 1 heterocycles. The minimum atomic E-state index is -0.321. The van der Waals surface area contributed by atoms with Gasteiger partial charge in [-0.2, -0.15) is 4.98 Å². The summed E-state index contributed by atoms with van der Waals surface area (Å²) in [6, 6.07) is 6.96. The van der Waals surface area contributed by atoms with Gasteiger partial charge in [-0.15, -0.1) is 0 Å². The van der Waals surface area contributed by atoms with Crippen molar-refractivity contribution in [3.05, 3.63) is 35.2 Å². The number of hydrogen-bond acceptors (Lipinski definition) is 4. The molecule has 1 N–H and O–H groups in total. The molecule has 1 aromatic carbocycles. The van der Waals surface area contributed by atoms with E-state index in [1.807, 2.05) is 32.0 Å². The number of nitrogens with zero attached hydrogens (tertiary/aromatic N) is 2. The molecule has 0 aliphatic rings. The second-order valence-corrected chi connectivity index (χ2v) is 5.24. The Bertz CT molecular complexity index is 612. The lowest BCUT2D eigenvalue weighted by Gasteiger charge is -2.08. The van der Waals surface area contributed by atoms with Gasteiger partial charge in [-0.25, -0.2) is 0 Å². The second-order valence-electron chi connectivity index (χ2n) is 4.83. The zero-order valence-corrected chi connectivity index (χ0v) is 12.9. The first-order valence-corrected chi connectivity index (χ1v) is 7.37. The van der Waals surface area contributed by atoms with Gasteiger partial charge in [0.1, 0.15) is 6.04 Å². The summed E-state index contributed by atoms with van der Waals surface area (Å²) in [7, 11) is 0. The van der Waals surface area contributed by atoms with Crippen molar-refractivity contribution in [3.8, 4) is 11.4 Å². The lowest BCUT2D eigenvalue weighted by molar-refractivity contribution is -0.122. The van der Waals surface area contributed by atoms with Crippen molar-refractivity contribution in [1.82, 2.24) is 15.5 Å². The topological polar surface area (TPSA) is 68.0 Å². The van der Waals surface area contributed by atoms with E-state index in [2.05, 4.69) is 15.5 Å². The van der Waals surface area contributed by atoms with Gasteiger partial charge < -0.3 is 9.84 Å². The molecule has 0 aliphatic heterocycles. The number of unbranched alkanes of at least 4 members (excludes halogenated alkanes) is 1. The van der Waals surface area contributed by atoms with Gasteiger partial charge >= 0.3 is 0 Å². The van der Waals surface area contributed by atoms with Crippen molar-refractivity contribution in [2.75, 3.05) is 0 Å². The minimum Gasteiger partial charge on any atom is -0.345 e. The normalized spacial score (nSPS) is 12.1. The van der Waals surface area contributed by atoms with Crippen LogP contribution in [0.3, 0.4) is 0 Å². The van der Waals surface area contributed by atoms with Gasteiger partial charge in [-0.1, -0.05) is 42.2 Å². The van der Waals surface area contributed by atoms with Crippen LogP contribution in [0.5, 0.6) is 0 Å². The molecule has 2 rings (SSSR count). The number of carbonyl (C=O) groups is 1. The fourth-order valence-electron chi connectivity index (χ4n) is 1.88. The smallest absolute Gasteiger partial charge is 0.249 e. The quantitative estimate of drug-likeness (QED) is 0.882. The highest BCUT2D eigenvalue weighted by atomic mass is 35.5. The number of amides is 1. The van der Waals surface area contributed by atoms with Gasteiger partial charge in [0.25, 0.3) is 0 Å². The van der Waals surface area contributed by atoms with Crippen molar-refractivity contribution in [3.63, 3.8) is 0 Å². The molecule has 0 spiro atoms. The van der Waals surface area contributed by atoms with Crippen LogP contribution >= 0.6 is 11.6 Å². The van der Waals surface area contributed by atoms with E-state index in [1.165, 1.54) is 0 Å². The van der Waals surface area contributed by atoms with E-state index >= 15 is 0 Å². The van der Waals surface area contributed by atoms with Gasteiger partial charge in [0.05, 0.1) is 5.02 Å². The van der Waals surface area contributed by atoms with E-state index < -0.39 is 0 Å². The van der Waals surface area contributed by atoms with E-state index in [0.29, 0.717) is 28.7 Å². The molecule has 1 atom stereocenters. The van der Waals surface area contributed by atoms with Crippen LogP contribution in [-0.2, 0) is 4.79 Å². The van der Waals surface area contributed by atoms with Crippen LogP contribution in [0.1, 0.15) is 45.0 Å². The summed E-state index contributed by atoms with van der Waals surface area (Å²) in [6.45, 7) is 3.86. The molecule has 112 valence electrons. The summed E-state index contributed by atoms with van der Waals surface area (Å²) in [5.41, 5.74) is 0.707. The molecule has 0 bridgehead atoms. The van der Waals surface area contributed by atoms with Gasteiger partial charge in [0.15, 0.2) is 0 Å². The molecule has 1 amide bonds. The third-order valence-corrected chi connectivity index (χ3v) is 3.39. The highest BCUT2D eigenvalue weighted by Crippen LogP contribution is 2.25. The van der Waals surface area contributed by atoms with Crippen molar-refractivity contribution >= 4 is 17.5 Å². The highest BCUT2D eigenvalue weighted by Gasteiger charge is 2.18. The van der Waals surface area contributed by atoms with Crippen LogP contribution in [-0.4, -0.2) is 16.0 Å². The Morgan fingerprint density at radius 2 is 2.19 bits per heavy atom. The molecule has 0 unspecified atom stereocenters. The van der Waals surface area contributed by atoms with E-state index in [1.54, 1.807) is 6.07 Å². The number of carbonyl (C=O) groups excluding carboxylic acids is 1. The van der Waals surface area contributed by atoms with Crippen molar-refractivity contribution in [2.24, 2.45) is 0 Å². The van der Waals surface area contributed by atoms with Gasteiger partial charge in [0, 0.05) is 12.0 Å². The van der Waals surface area contributed by atoms with Gasteiger partial charge in [0.2, 0.25) is 17.6 Å². The number of benzene rings is 1. The zero-order valence-electron chi connectivity index (χ0n) is 12.1. The third kappa shape index (κ3) is 4.04. The van der Waals surface area contributed by atoms with Crippen LogP contribution in [0.15, 0.2) is 28.8 Å². The second kappa shape index (κ2) is 7.22. The number of nitrogens with one attached hydrogen (secondary N) is 1. The first kappa shape index (κ1) is 15.5. The fraction of sp³-hybridized carbons (Fsp3) is 0.400. The molecule has 21 heavy (non-hydrogen) atoms. The Kier molecular flexibility index (Phi) is 5.33. The molecule has 5 nitrogen and oxygen atoms in total. The van der Waals surface area contributed by atoms with E-state index in [-0.39, 0.29) is 11.9 Å². The number of halogens is 1. The average Bonchev–Trinajstić information content (AvgIpc) is 2.95. The maximum absolute atomic E-state index is 11.7. The van der Waals surface area contributed by atoms with Crippen molar-refractivity contribution in [1.29, 1.82) is 0 Å². The van der Waals surface area contributed by atoms with Crippen LogP contribution in [0, 0.1) is 0 Å². The Labute approximate surface area is 128 Å². The molecule has 2 aromatic rings. The Hall–Kier alpha value is -1.88. The molecule has 0 saturated heterocycles. The number of hydrogen-bond donors (Lipinski definition) is 1. The van der Waals surface area contributed by atoms with Crippen LogP contribution in [0.25, 0.3) is 11.4 Å². The van der Waals surface area contributed by atoms with Crippen LogP contribution in [0.2, 0.25) is 5.02 Å². The molecular weight excluding hydrogens is 290 g/mol. The van der Waals surface area contributed by atoms with E-state index in [0.717, 1.165) is 12.8 Å². The summed E-state index contributed by atoms with van der Waals surface area (Å²) in [5, 5.41) is 7.32. The van der Waals surface area contributed by atoms with Gasteiger partial charge in [-0.05, 0) is 25.5 Å². The lowest BCUT2D eigenvalue weighted by atomic mass is 10.2. The monoisotopic (exact) mass is 307 g/mol. The Morgan fingerprint density at radius 1 is 1.43 bits per heavy atom. The van der Waals surface area contributed by atoms with E-state index in [4.69, 9.17) is 16.1 Å². The van der Waals surface area contributed by atoms with Gasteiger partial charge in [-0.3, -0.25) is 4.79 Å².